The van der Waals surface area contributed by atoms with E-state index in [0.717, 1.165) is 6.42 Å². The van der Waals surface area contributed by atoms with Crippen molar-refractivity contribution in [3.05, 3.63) is 29.0 Å². The molecule has 21 heavy (non-hydrogen) atoms. The molecule has 0 spiro atoms. The second-order valence-corrected chi connectivity index (χ2v) is 5.57. The van der Waals surface area contributed by atoms with Crippen molar-refractivity contribution in [2.24, 2.45) is 5.92 Å². The summed E-state index contributed by atoms with van der Waals surface area (Å²) in [5.74, 6) is -1.48. The topological polar surface area (TPSA) is 69.6 Å². The van der Waals surface area contributed by atoms with Gasteiger partial charge in [0.15, 0.2) is 0 Å². The number of hydrogen-bond acceptors (Lipinski definition) is 3. The highest BCUT2D eigenvalue weighted by Gasteiger charge is 2.25. The molecule has 1 aliphatic rings. The van der Waals surface area contributed by atoms with Crippen molar-refractivity contribution < 1.29 is 19.1 Å². The molecule has 1 unspecified atom stereocenters. The van der Waals surface area contributed by atoms with Crippen LogP contribution in [0.4, 0.5) is 10.1 Å². The van der Waals surface area contributed by atoms with Crippen molar-refractivity contribution in [2.75, 3.05) is 25.0 Å². The van der Waals surface area contributed by atoms with Crippen LogP contribution in [0, 0.1) is 11.7 Å². The van der Waals surface area contributed by atoms with Gasteiger partial charge in [0, 0.05) is 18.7 Å². The number of nitrogens with one attached hydrogen (secondary N) is 1. The fourth-order valence-electron chi connectivity index (χ4n) is 2.45. The molecule has 2 N–H and O–H groups in total. The second-order valence-electron chi connectivity index (χ2n) is 5.16. The normalized spacial score (nSPS) is 18.7. The molecule has 1 aliphatic heterocycles. The van der Waals surface area contributed by atoms with Gasteiger partial charge in [0.2, 0.25) is 5.91 Å². The summed E-state index contributed by atoms with van der Waals surface area (Å²) >= 11 is 5.64. The summed E-state index contributed by atoms with van der Waals surface area (Å²) in [6.45, 7) is 1.49. The Morgan fingerprint density at radius 3 is 2.90 bits per heavy atom. The largest absolute Gasteiger partial charge is 0.481 e. The third kappa shape index (κ3) is 4.68. The number of carbonyl (C=O) groups excluding carboxylic acids is 1. The Bertz CT molecular complexity index is 553. The maximum atomic E-state index is 13.0. The van der Waals surface area contributed by atoms with Crippen LogP contribution in [0.15, 0.2) is 18.2 Å². The minimum atomic E-state index is -0.813. The molecule has 1 saturated heterocycles. The quantitative estimate of drug-likeness (QED) is 0.874. The average Bonchev–Trinajstić information content (AvgIpc) is 2.80. The standard InChI is InChI=1S/C14H16ClFN2O3/c15-11-6-10(1-2-12(11)16)17-13(19)8-18-4-3-9(7-18)5-14(20)21/h1-2,6,9H,3-5,7-8H2,(H,17,19)(H,20,21). The van der Waals surface area contributed by atoms with E-state index in [0.29, 0.717) is 18.8 Å². The summed E-state index contributed by atoms with van der Waals surface area (Å²) < 4.78 is 13.0. The summed E-state index contributed by atoms with van der Waals surface area (Å²) in [7, 11) is 0. The van der Waals surface area contributed by atoms with Crippen LogP contribution in [0.3, 0.4) is 0 Å². The fraction of sp³-hybridized carbons (Fsp3) is 0.429. The van der Waals surface area contributed by atoms with Gasteiger partial charge in [-0.1, -0.05) is 11.6 Å². The highest BCUT2D eigenvalue weighted by atomic mass is 35.5. The van der Waals surface area contributed by atoms with Gasteiger partial charge in [0.05, 0.1) is 11.6 Å². The minimum Gasteiger partial charge on any atom is -0.481 e. The number of carboxylic acids is 1. The van der Waals surface area contributed by atoms with Crippen LogP contribution in [0.25, 0.3) is 0 Å². The lowest BCUT2D eigenvalue weighted by Crippen LogP contribution is -2.31. The Morgan fingerprint density at radius 1 is 1.48 bits per heavy atom. The molecule has 114 valence electrons. The zero-order valence-electron chi connectivity index (χ0n) is 11.3. The van der Waals surface area contributed by atoms with Gasteiger partial charge in [0.1, 0.15) is 5.82 Å². The lowest BCUT2D eigenvalue weighted by Gasteiger charge is -2.15. The number of anilines is 1. The van der Waals surface area contributed by atoms with Gasteiger partial charge in [-0.3, -0.25) is 14.5 Å². The lowest BCUT2D eigenvalue weighted by atomic mass is 10.1. The van der Waals surface area contributed by atoms with Crippen LogP contribution < -0.4 is 5.32 Å². The van der Waals surface area contributed by atoms with Gasteiger partial charge in [-0.2, -0.15) is 0 Å². The number of carbonyl (C=O) groups is 2. The summed E-state index contributed by atoms with van der Waals surface area (Å²) in [6, 6.07) is 3.99. The predicted molar refractivity (Wildman–Crippen MR) is 76.8 cm³/mol. The van der Waals surface area contributed by atoms with E-state index in [2.05, 4.69) is 5.32 Å². The van der Waals surface area contributed by atoms with Gasteiger partial charge in [-0.25, -0.2) is 4.39 Å². The number of aliphatic carboxylic acids is 1. The van der Waals surface area contributed by atoms with Crippen LogP contribution in [0.5, 0.6) is 0 Å². The van der Waals surface area contributed by atoms with Crippen LogP contribution in [-0.4, -0.2) is 41.5 Å². The predicted octanol–water partition coefficient (Wildman–Crippen LogP) is 2.21. The molecule has 2 rings (SSSR count). The number of nitrogens with zero attached hydrogens (tertiary/aromatic N) is 1. The number of carboxylic acid groups (broad SMARTS) is 1. The first-order chi connectivity index (χ1) is 9.94. The number of halogens is 2. The third-order valence-electron chi connectivity index (χ3n) is 3.40. The van der Waals surface area contributed by atoms with Gasteiger partial charge in [0.25, 0.3) is 0 Å². The Balaban J connectivity index is 1.82. The monoisotopic (exact) mass is 314 g/mol. The third-order valence-corrected chi connectivity index (χ3v) is 3.69. The number of hydrogen-bond donors (Lipinski definition) is 2. The van der Waals surface area contributed by atoms with E-state index in [1.165, 1.54) is 18.2 Å². The molecule has 1 fully saturated rings. The summed E-state index contributed by atoms with van der Waals surface area (Å²) in [5, 5.41) is 11.3. The van der Waals surface area contributed by atoms with E-state index in [1.807, 2.05) is 4.90 Å². The summed E-state index contributed by atoms with van der Waals surface area (Å²) in [4.78, 5) is 24.4. The highest BCUT2D eigenvalue weighted by molar-refractivity contribution is 6.31. The van der Waals surface area contributed by atoms with Crippen molar-refractivity contribution in [1.82, 2.24) is 4.90 Å². The van der Waals surface area contributed by atoms with Crippen LogP contribution in [0.2, 0.25) is 5.02 Å². The van der Waals surface area contributed by atoms with E-state index in [-0.39, 0.29) is 29.8 Å². The molecule has 0 bridgehead atoms. The maximum absolute atomic E-state index is 13.0. The van der Waals surface area contributed by atoms with E-state index < -0.39 is 11.8 Å². The second kappa shape index (κ2) is 6.87. The van der Waals surface area contributed by atoms with E-state index in [1.54, 1.807) is 0 Å². The average molecular weight is 315 g/mol. The SMILES string of the molecule is O=C(O)CC1CCN(CC(=O)Nc2ccc(F)c(Cl)c2)C1. The van der Waals surface area contributed by atoms with E-state index in [4.69, 9.17) is 16.7 Å². The first kappa shape index (κ1) is 15.7. The first-order valence-electron chi connectivity index (χ1n) is 6.63. The van der Waals surface area contributed by atoms with E-state index in [9.17, 15) is 14.0 Å². The van der Waals surface area contributed by atoms with Crippen LogP contribution in [-0.2, 0) is 9.59 Å². The van der Waals surface area contributed by atoms with Crippen molar-refractivity contribution in [3.8, 4) is 0 Å². The zero-order valence-corrected chi connectivity index (χ0v) is 12.1. The fourth-order valence-corrected chi connectivity index (χ4v) is 2.63. The molecule has 5 nitrogen and oxygen atoms in total. The molecule has 0 radical (unpaired) electrons. The molecule has 1 heterocycles. The van der Waals surface area contributed by atoms with Crippen LogP contribution in [0.1, 0.15) is 12.8 Å². The number of rotatable bonds is 5. The Hall–Kier alpha value is -1.66. The summed E-state index contributed by atoms with van der Waals surface area (Å²) in [5.41, 5.74) is 0.438. The Kier molecular flexibility index (Phi) is 5.14. The first-order valence-corrected chi connectivity index (χ1v) is 7.01. The molecule has 1 amide bonds. The molecule has 0 aliphatic carbocycles. The lowest BCUT2D eigenvalue weighted by molar-refractivity contribution is -0.138. The molecule has 1 aromatic rings. The van der Waals surface area contributed by atoms with Crippen molar-refractivity contribution in [1.29, 1.82) is 0 Å². The van der Waals surface area contributed by atoms with Gasteiger partial charge in [-0.05, 0) is 37.1 Å². The molecule has 7 heteroatoms. The number of benzene rings is 1. The molecular weight excluding hydrogens is 299 g/mol. The molecular formula is C14H16ClFN2O3. The highest BCUT2D eigenvalue weighted by Crippen LogP contribution is 2.21. The molecule has 0 saturated carbocycles. The number of amides is 1. The van der Waals surface area contributed by atoms with Crippen molar-refractivity contribution in [2.45, 2.75) is 12.8 Å². The maximum Gasteiger partial charge on any atom is 0.303 e. The van der Waals surface area contributed by atoms with Gasteiger partial charge >= 0.3 is 5.97 Å². The molecule has 1 aromatic carbocycles. The molecule has 1 atom stereocenters. The molecule has 0 aromatic heterocycles. The minimum absolute atomic E-state index is 0.0458. The summed E-state index contributed by atoms with van der Waals surface area (Å²) in [6.07, 6.45) is 0.910. The van der Waals surface area contributed by atoms with Crippen molar-refractivity contribution >= 4 is 29.2 Å². The van der Waals surface area contributed by atoms with Gasteiger partial charge in [-0.15, -0.1) is 0 Å². The van der Waals surface area contributed by atoms with Crippen molar-refractivity contribution in [3.63, 3.8) is 0 Å². The Morgan fingerprint density at radius 2 is 2.24 bits per heavy atom. The smallest absolute Gasteiger partial charge is 0.303 e. The van der Waals surface area contributed by atoms with Gasteiger partial charge < -0.3 is 10.4 Å². The zero-order chi connectivity index (χ0) is 15.4. The van der Waals surface area contributed by atoms with Crippen LogP contribution >= 0.6 is 11.6 Å². The van der Waals surface area contributed by atoms with E-state index >= 15 is 0 Å². The number of likely N-dealkylation sites (tertiary alicyclic amines) is 1. The Labute approximate surface area is 126 Å².